The SMILES string of the molecule is O=C(NNC(=O)C1CCCO1)Nc1ccccc1[N+](=O)[O-]. The number of rotatable bonds is 3. The molecule has 112 valence electrons. The predicted octanol–water partition coefficient (Wildman–Crippen LogP) is 0.926. The Kier molecular flexibility index (Phi) is 4.67. The van der Waals surface area contributed by atoms with Crippen LogP contribution < -0.4 is 16.2 Å². The number of hydrogen-bond donors (Lipinski definition) is 3. The van der Waals surface area contributed by atoms with Crippen LogP contribution in [0.4, 0.5) is 16.2 Å². The Morgan fingerprint density at radius 1 is 1.29 bits per heavy atom. The molecule has 1 aliphatic rings. The summed E-state index contributed by atoms with van der Waals surface area (Å²) in [7, 11) is 0. The molecule has 1 aromatic rings. The molecule has 0 aromatic heterocycles. The number of para-hydroxylation sites is 2. The normalized spacial score (nSPS) is 17.0. The van der Waals surface area contributed by atoms with Gasteiger partial charge in [-0.25, -0.2) is 10.2 Å². The summed E-state index contributed by atoms with van der Waals surface area (Å²) < 4.78 is 5.14. The number of amides is 3. The maximum absolute atomic E-state index is 11.6. The Hall–Kier alpha value is -2.68. The fraction of sp³-hybridized carbons (Fsp3) is 0.333. The molecule has 2 rings (SSSR count). The van der Waals surface area contributed by atoms with Gasteiger partial charge in [-0.1, -0.05) is 12.1 Å². The van der Waals surface area contributed by atoms with E-state index in [-0.39, 0.29) is 11.4 Å². The molecule has 1 aromatic carbocycles. The molecule has 0 aliphatic carbocycles. The number of nitro groups is 1. The second-order valence-corrected chi connectivity index (χ2v) is 4.34. The minimum absolute atomic E-state index is 0.0337. The first kappa shape index (κ1) is 14.7. The van der Waals surface area contributed by atoms with Crippen LogP contribution in [0.1, 0.15) is 12.8 Å². The summed E-state index contributed by atoms with van der Waals surface area (Å²) in [5.41, 5.74) is 4.12. The molecule has 1 unspecified atom stereocenters. The van der Waals surface area contributed by atoms with Crippen LogP contribution in [0.15, 0.2) is 24.3 Å². The molecule has 1 saturated heterocycles. The van der Waals surface area contributed by atoms with E-state index in [2.05, 4.69) is 16.2 Å². The van der Waals surface area contributed by atoms with Gasteiger partial charge in [0.05, 0.1) is 4.92 Å². The van der Waals surface area contributed by atoms with Gasteiger partial charge >= 0.3 is 6.03 Å². The average Bonchev–Trinajstić information content (AvgIpc) is 2.99. The fourth-order valence-corrected chi connectivity index (χ4v) is 1.88. The second kappa shape index (κ2) is 6.66. The van der Waals surface area contributed by atoms with E-state index >= 15 is 0 Å². The van der Waals surface area contributed by atoms with Crippen molar-refractivity contribution in [3.05, 3.63) is 34.4 Å². The number of ether oxygens (including phenoxy) is 1. The van der Waals surface area contributed by atoms with Crippen LogP contribution in [-0.4, -0.2) is 29.6 Å². The van der Waals surface area contributed by atoms with Crippen molar-refractivity contribution in [2.24, 2.45) is 0 Å². The summed E-state index contributed by atoms with van der Waals surface area (Å²) in [6.07, 6.45) is 0.816. The molecule has 0 bridgehead atoms. The summed E-state index contributed by atoms with van der Waals surface area (Å²) in [4.78, 5) is 33.4. The number of hydrogen-bond acceptors (Lipinski definition) is 5. The number of hydrazine groups is 1. The highest BCUT2D eigenvalue weighted by Gasteiger charge is 2.24. The van der Waals surface area contributed by atoms with Crippen molar-refractivity contribution in [2.75, 3.05) is 11.9 Å². The van der Waals surface area contributed by atoms with E-state index in [1.54, 1.807) is 6.07 Å². The largest absolute Gasteiger partial charge is 0.368 e. The van der Waals surface area contributed by atoms with Crippen molar-refractivity contribution < 1.29 is 19.2 Å². The number of nitrogens with one attached hydrogen (secondary N) is 3. The highest BCUT2D eigenvalue weighted by molar-refractivity contribution is 5.93. The second-order valence-electron chi connectivity index (χ2n) is 4.34. The maximum atomic E-state index is 11.6. The van der Waals surface area contributed by atoms with Crippen LogP contribution in [-0.2, 0) is 9.53 Å². The molecule has 1 aliphatic heterocycles. The van der Waals surface area contributed by atoms with Gasteiger partial charge in [0.2, 0.25) is 0 Å². The van der Waals surface area contributed by atoms with Gasteiger partial charge in [0.1, 0.15) is 11.8 Å². The van der Waals surface area contributed by atoms with Gasteiger partial charge < -0.3 is 10.1 Å². The van der Waals surface area contributed by atoms with Gasteiger partial charge in [0, 0.05) is 12.7 Å². The first-order chi connectivity index (χ1) is 10.1. The average molecular weight is 294 g/mol. The van der Waals surface area contributed by atoms with Crippen LogP contribution in [0, 0.1) is 10.1 Å². The summed E-state index contributed by atoms with van der Waals surface area (Å²) in [6, 6.07) is 4.91. The highest BCUT2D eigenvalue weighted by atomic mass is 16.6. The molecule has 1 heterocycles. The molecule has 9 nitrogen and oxygen atoms in total. The Labute approximate surface area is 119 Å². The molecule has 1 atom stereocenters. The minimum Gasteiger partial charge on any atom is -0.368 e. The summed E-state index contributed by atoms with van der Waals surface area (Å²) in [6.45, 7) is 0.514. The third-order valence-corrected chi connectivity index (χ3v) is 2.87. The predicted molar refractivity (Wildman–Crippen MR) is 72.4 cm³/mol. The standard InChI is InChI=1S/C12H14N4O5/c17-11(10-6-3-7-21-10)14-15-12(18)13-8-4-1-2-5-9(8)16(19)20/h1-2,4-5,10H,3,6-7H2,(H,14,17)(H2,13,15,18). The van der Waals surface area contributed by atoms with E-state index in [0.717, 1.165) is 6.42 Å². The van der Waals surface area contributed by atoms with Gasteiger partial charge in [0.15, 0.2) is 0 Å². The first-order valence-corrected chi connectivity index (χ1v) is 6.30. The van der Waals surface area contributed by atoms with Crippen LogP contribution in [0.3, 0.4) is 0 Å². The lowest BCUT2D eigenvalue weighted by Gasteiger charge is -2.12. The number of benzene rings is 1. The summed E-state index contributed by atoms with van der Waals surface area (Å²) >= 11 is 0. The van der Waals surface area contributed by atoms with Gasteiger partial charge in [0.25, 0.3) is 11.6 Å². The zero-order valence-electron chi connectivity index (χ0n) is 11.0. The third kappa shape index (κ3) is 3.89. The molecule has 21 heavy (non-hydrogen) atoms. The smallest absolute Gasteiger partial charge is 0.338 e. The maximum Gasteiger partial charge on any atom is 0.338 e. The molecule has 0 spiro atoms. The molecule has 1 fully saturated rings. The molecule has 3 amide bonds. The molecule has 0 radical (unpaired) electrons. The Morgan fingerprint density at radius 3 is 2.71 bits per heavy atom. The van der Waals surface area contributed by atoms with Crippen LogP contribution >= 0.6 is 0 Å². The van der Waals surface area contributed by atoms with Crippen molar-refractivity contribution in [3.8, 4) is 0 Å². The van der Waals surface area contributed by atoms with Gasteiger partial charge in [-0.05, 0) is 18.9 Å². The van der Waals surface area contributed by atoms with E-state index in [4.69, 9.17) is 4.74 Å². The van der Waals surface area contributed by atoms with E-state index in [9.17, 15) is 19.7 Å². The number of urea groups is 1. The number of anilines is 1. The van der Waals surface area contributed by atoms with Crippen molar-refractivity contribution in [1.29, 1.82) is 0 Å². The lowest BCUT2D eigenvalue weighted by Crippen LogP contribution is -2.47. The van der Waals surface area contributed by atoms with Crippen LogP contribution in [0.2, 0.25) is 0 Å². The van der Waals surface area contributed by atoms with Gasteiger partial charge in [-0.15, -0.1) is 0 Å². The Bertz CT molecular complexity index is 556. The van der Waals surface area contributed by atoms with E-state index in [0.29, 0.717) is 13.0 Å². The molecule has 3 N–H and O–H groups in total. The Balaban J connectivity index is 1.87. The van der Waals surface area contributed by atoms with Crippen molar-refractivity contribution >= 4 is 23.3 Å². The highest BCUT2D eigenvalue weighted by Crippen LogP contribution is 2.22. The lowest BCUT2D eigenvalue weighted by atomic mass is 10.2. The molecule has 0 saturated carbocycles. The third-order valence-electron chi connectivity index (χ3n) is 2.87. The topological polar surface area (TPSA) is 123 Å². The quantitative estimate of drug-likeness (QED) is 0.565. The van der Waals surface area contributed by atoms with E-state index in [1.807, 2.05) is 0 Å². The fourth-order valence-electron chi connectivity index (χ4n) is 1.88. The van der Waals surface area contributed by atoms with Gasteiger partial charge in [-0.2, -0.15) is 0 Å². The van der Waals surface area contributed by atoms with Crippen molar-refractivity contribution in [2.45, 2.75) is 18.9 Å². The van der Waals surface area contributed by atoms with Crippen molar-refractivity contribution in [3.63, 3.8) is 0 Å². The number of carbonyl (C=O) groups excluding carboxylic acids is 2. The number of nitrogens with zero attached hydrogens (tertiary/aromatic N) is 1. The minimum atomic E-state index is -0.782. The zero-order valence-corrected chi connectivity index (χ0v) is 11.0. The molecule has 9 heteroatoms. The first-order valence-electron chi connectivity index (χ1n) is 6.30. The monoisotopic (exact) mass is 294 g/mol. The van der Waals surface area contributed by atoms with Crippen LogP contribution in [0.25, 0.3) is 0 Å². The molecular formula is C12H14N4O5. The Morgan fingerprint density at radius 2 is 2.05 bits per heavy atom. The molecular weight excluding hydrogens is 280 g/mol. The number of carbonyl (C=O) groups is 2. The van der Waals surface area contributed by atoms with E-state index in [1.165, 1.54) is 18.2 Å². The van der Waals surface area contributed by atoms with Crippen LogP contribution in [0.5, 0.6) is 0 Å². The summed E-state index contributed by atoms with van der Waals surface area (Å²) in [5, 5.41) is 13.1. The van der Waals surface area contributed by atoms with Crippen molar-refractivity contribution in [1.82, 2.24) is 10.9 Å². The number of nitro benzene ring substituents is 1. The zero-order chi connectivity index (χ0) is 15.2. The summed E-state index contributed by atoms with van der Waals surface area (Å²) in [5.74, 6) is -0.454. The lowest BCUT2D eigenvalue weighted by molar-refractivity contribution is -0.383. The van der Waals surface area contributed by atoms with E-state index < -0.39 is 23.0 Å². The van der Waals surface area contributed by atoms with Gasteiger partial charge in [-0.3, -0.25) is 20.3 Å².